The number of amides is 1. The zero-order chi connectivity index (χ0) is 22.4. The molecule has 0 aliphatic rings. The van der Waals surface area contributed by atoms with Gasteiger partial charge >= 0.3 is 0 Å². The zero-order valence-corrected chi connectivity index (χ0v) is 19.2. The Bertz CT molecular complexity index is 1110. The second kappa shape index (κ2) is 10.5. The third-order valence-corrected chi connectivity index (χ3v) is 5.91. The van der Waals surface area contributed by atoms with Crippen LogP contribution in [-0.2, 0) is 4.79 Å². The number of nitrogens with one attached hydrogen (secondary N) is 1. The number of fused-ring (bicyclic) bond motifs is 1. The summed E-state index contributed by atoms with van der Waals surface area (Å²) < 4.78 is 6.87. The summed E-state index contributed by atoms with van der Waals surface area (Å²) in [4.78, 5) is 30.5. The molecule has 0 saturated heterocycles. The van der Waals surface area contributed by atoms with Gasteiger partial charge in [0.05, 0.1) is 29.5 Å². The third kappa shape index (κ3) is 5.88. The molecule has 0 spiro atoms. The first kappa shape index (κ1) is 22.9. The number of hydrogen-bond donors (Lipinski definition) is 1. The Kier molecular flexibility index (Phi) is 7.74. The Balaban J connectivity index is 1.88. The summed E-state index contributed by atoms with van der Waals surface area (Å²) in [5.41, 5.74) is 1.09. The van der Waals surface area contributed by atoms with E-state index in [0.717, 1.165) is 12.8 Å². The molecule has 0 fully saturated rings. The Morgan fingerprint density at radius 3 is 2.65 bits per heavy atom. The molecule has 7 heteroatoms. The fourth-order valence-corrected chi connectivity index (χ4v) is 4.11. The number of carbonyl (C=O) groups excluding carboxylic acids is 1. The molecular formula is C24H29N3O3S. The summed E-state index contributed by atoms with van der Waals surface area (Å²) in [6.45, 7) is 6.37. The van der Waals surface area contributed by atoms with E-state index < -0.39 is 0 Å². The van der Waals surface area contributed by atoms with E-state index in [1.807, 2.05) is 43.3 Å². The Morgan fingerprint density at radius 1 is 1.13 bits per heavy atom. The maximum Gasteiger partial charge on any atom is 0.266 e. The molecule has 0 radical (unpaired) electrons. The lowest BCUT2D eigenvalue weighted by atomic mass is 10.0. The van der Waals surface area contributed by atoms with Crippen LogP contribution in [0.25, 0.3) is 16.6 Å². The lowest BCUT2D eigenvalue weighted by Crippen LogP contribution is -2.34. The van der Waals surface area contributed by atoms with E-state index in [1.165, 1.54) is 11.8 Å². The number of nitrogens with zero attached hydrogens (tertiary/aromatic N) is 2. The fourth-order valence-electron chi connectivity index (χ4n) is 3.29. The predicted molar refractivity (Wildman–Crippen MR) is 126 cm³/mol. The van der Waals surface area contributed by atoms with Crippen LogP contribution in [0.15, 0.2) is 58.5 Å². The molecule has 164 valence electrons. The summed E-state index contributed by atoms with van der Waals surface area (Å²) >= 11 is 1.26. The summed E-state index contributed by atoms with van der Waals surface area (Å²) in [7, 11) is 1.58. The van der Waals surface area contributed by atoms with Gasteiger partial charge in [0.1, 0.15) is 5.75 Å². The monoisotopic (exact) mass is 439 g/mol. The van der Waals surface area contributed by atoms with Gasteiger partial charge in [-0.25, -0.2) is 4.98 Å². The number of rotatable bonds is 9. The quantitative estimate of drug-likeness (QED) is 0.394. The van der Waals surface area contributed by atoms with Gasteiger partial charge in [-0.1, -0.05) is 43.8 Å². The highest BCUT2D eigenvalue weighted by molar-refractivity contribution is 7.99. The van der Waals surface area contributed by atoms with Gasteiger partial charge in [0.25, 0.3) is 5.56 Å². The zero-order valence-electron chi connectivity index (χ0n) is 18.4. The Morgan fingerprint density at radius 2 is 1.90 bits per heavy atom. The molecule has 1 unspecified atom stereocenters. The molecule has 1 atom stereocenters. The van der Waals surface area contributed by atoms with Crippen LogP contribution in [0.2, 0.25) is 0 Å². The van der Waals surface area contributed by atoms with Gasteiger partial charge in [-0.15, -0.1) is 0 Å². The first-order valence-electron chi connectivity index (χ1n) is 10.5. The van der Waals surface area contributed by atoms with Crippen LogP contribution in [-0.4, -0.2) is 34.4 Å². The van der Waals surface area contributed by atoms with Crippen LogP contribution in [0.4, 0.5) is 0 Å². The second-order valence-corrected chi connectivity index (χ2v) is 8.92. The van der Waals surface area contributed by atoms with Crippen molar-refractivity contribution in [3.8, 4) is 11.4 Å². The number of ether oxygens (including phenoxy) is 1. The standard InChI is InChI=1S/C24H29N3O3S/c1-16(2)12-13-17(3)25-22(28)15-31-24-26-21-11-6-5-10-20(21)23(29)27(24)18-8-7-9-19(14-18)30-4/h5-11,14,16-17H,12-13,15H2,1-4H3,(H,25,28). The van der Waals surface area contributed by atoms with Crippen molar-refractivity contribution in [1.82, 2.24) is 14.9 Å². The van der Waals surface area contributed by atoms with Crippen LogP contribution in [0, 0.1) is 5.92 Å². The lowest BCUT2D eigenvalue weighted by molar-refractivity contribution is -0.119. The van der Waals surface area contributed by atoms with Crippen LogP contribution < -0.4 is 15.6 Å². The minimum Gasteiger partial charge on any atom is -0.497 e. The highest BCUT2D eigenvalue weighted by Gasteiger charge is 2.16. The van der Waals surface area contributed by atoms with E-state index >= 15 is 0 Å². The molecule has 0 aliphatic carbocycles. The summed E-state index contributed by atoms with van der Waals surface area (Å²) in [6.07, 6.45) is 2.01. The van der Waals surface area contributed by atoms with Crippen LogP contribution in [0.3, 0.4) is 0 Å². The number of para-hydroxylation sites is 1. The predicted octanol–water partition coefficient (Wildman–Crippen LogP) is 4.43. The molecule has 1 amide bonds. The summed E-state index contributed by atoms with van der Waals surface area (Å²) in [5.74, 6) is 1.36. The Hall–Kier alpha value is -2.80. The van der Waals surface area contributed by atoms with E-state index in [4.69, 9.17) is 4.74 Å². The molecule has 1 heterocycles. The maximum absolute atomic E-state index is 13.3. The maximum atomic E-state index is 13.3. The molecule has 1 aromatic heterocycles. The van der Waals surface area contributed by atoms with Crippen molar-refractivity contribution in [1.29, 1.82) is 0 Å². The largest absolute Gasteiger partial charge is 0.497 e. The minimum absolute atomic E-state index is 0.0687. The number of aromatic nitrogens is 2. The average Bonchev–Trinajstić information content (AvgIpc) is 2.76. The van der Waals surface area contributed by atoms with Crippen molar-refractivity contribution in [3.05, 3.63) is 58.9 Å². The summed E-state index contributed by atoms with van der Waals surface area (Å²) in [5, 5.41) is 4.04. The van der Waals surface area contributed by atoms with Gasteiger partial charge in [-0.2, -0.15) is 0 Å². The van der Waals surface area contributed by atoms with Crippen molar-refractivity contribution < 1.29 is 9.53 Å². The van der Waals surface area contributed by atoms with Crippen molar-refractivity contribution in [2.75, 3.05) is 12.9 Å². The number of hydrogen-bond acceptors (Lipinski definition) is 5. The van der Waals surface area contributed by atoms with Gasteiger partial charge in [0.2, 0.25) is 5.91 Å². The van der Waals surface area contributed by atoms with Crippen molar-refractivity contribution in [2.45, 2.75) is 44.8 Å². The first-order chi connectivity index (χ1) is 14.9. The van der Waals surface area contributed by atoms with E-state index in [2.05, 4.69) is 24.1 Å². The second-order valence-electron chi connectivity index (χ2n) is 7.98. The van der Waals surface area contributed by atoms with Crippen LogP contribution in [0.5, 0.6) is 5.75 Å². The molecule has 31 heavy (non-hydrogen) atoms. The van der Waals surface area contributed by atoms with E-state index in [0.29, 0.717) is 33.4 Å². The molecule has 0 saturated carbocycles. The first-order valence-corrected chi connectivity index (χ1v) is 11.5. The Labute approximate surface area is 187 Å². The highest BCUT2D eigenvalue weighted by atomic mass is 32.2. The number of thioether (sulfide) groups is 1. The molecule has 2 aromatic carbocycles. The van der Waals surface area contributed by atoms with Crippen molar-refractivity contribution in [2.24, 2.45) is 5.92 Å². The highest BCUT2D eigenvalue weighted by Crippen LogP contribution is 2.23. The van der Waals surface area contributed by atoms with Gasteiger partial charge in [-0.05, 0) is 49.9 Å². The van der Waals surface area contributed by atoms with Gasteiger partial charge in [0, 0.05) is 12.1 Å². The molecule has 1 N–H and O–H groups in total. The molecular weight excluding hydrogens is 410 g/mol. The fraction of sp³-hybridized carbons (Fsp3) is 0.375. The van der Waals surface area contributed by atoms with E-state index in [-0.39, 0.29) is 23.3 Å². The summed E-state index contributed by atoms with van der Waals surface area (Å²) in [6, 6.07) is 14.6. The topological polar surface area (TPSA) is 73.2 Å². The van der Waals surface area contributed by atoms with Crippen molar-refractivity contribution >= 4 is 28.6 Å². The normalized spacial score (nSPS) is 12.2. The average molecular weight is 440 g/mol. The van der Waals surface area contributed by atoms with Gasteiger partial charge in [-0.3, -0.25) is 14.2 Å². The molecule has 3 rings (SSSR count). The lowest BCUT2D eigenvalue weighted by Gasteiger charge is -2.16. The molecule has 6 nitrogen and oxygen atoms in total. The van der Waals surface area contributed by atoms with Gasteiger partial charge in [0.15, 0.2) is 5.16 Å². The minimum atomic E-state index is -0.174. The number of methoxy groups -OCH3 is 1. The van der Waals surface area contributed by atoms with Crippen LogP contribution in [0.1, 0.15) is 33.6 Å². The van der Waals surface area contributed by atoms with Crippen LogP contribution >= 0.6 is 11.8 Å². The smallest absolute Gasteiger partial charge is 0.266 e. The number of benzene rings is 2. The van der Waals surface area contributed by atoms with E-state index in [9.17, 15) is 9.59 Å². The third-order valence-electron chi connectivity index (χ3n) is 4.97. The molecule has 3 aromatic rings. The van der Waals surface area contributed by atoms with Gasteiger partial charge < -0.3 is 10.1 Å². The SMILES string of the molecule is COc1cccc(-n2c(SCC(=O)NC(C)CCC(C)C)nc3ccccc3c2=O)c1. The van der Waals surface area contributed by atoms with Crippen molar-refractivity contribution in [3.63, 3.8) is 0 Å². The van der Waals surface area contributed by atoms with E-state index in [1.54, 1.807) is 23.8 Å². The number of carbonyl (C=O) groups is 1. The molecule has 0 bridgehead atoms. The molecule has 0 aliphatic heterocycles.